The van der Waals surface area contributed by atoms with Crippen LogP contribution in [0.2, 0.25) is 0 Å². The van der Waals surface area contributed by atoms with E-state index in [0.717, 1.165) is 0 Å². The van der Waals surface area contributed by atoms with Crippen molar-refractivity contribution in [2.24, 2.45) is 0 Å². The van der Waals surface area contributed by atoms with Crippen LogP contribution >= 0.6 is 0 Å². The van der Waals surface area contributed by atoms with E-state index in [4.69, 9.17) is 0 Å². The smallest absolute Gasteiger partial charge is 0.337 e. The normalized spacial score (nSPS) is 12.2. The Bertz CT molecular complexity index is 452. The zero-order valence-electron chi connectivity index (χ0n) is 11.2. The minimum atomic E-state index is -3.91. The number of esters is 2. The molecule has 0 fully saturated rings. The van der Waals surface area contributed by atoms with Crippen molar-refractivity contribution in [2.75, 3.05) is 19.0 Å². The van der Waals surface area contributed by atoms with Crippen LogP contribution in [0.3, 0.4) is 0 Å². The molecule has 0 aromatic rings. The lowest BCUT2D eigenvalue weighted by molar-refractivity contribution is -0.157. The Hall–Kier alpha value is -1.67. The number of carbonyl (C=O) groups is 2. The van der Waals surface area contributed by atoms with Gasteiger partial charge in [0.15, 0.2) is 6.10 Å². The molecule has 0 amide bonds. The number of carbonyl (C=O) groups excluding carboxylic acids is 2. The highest BCUT2D eigenvalue weighted by Crippen LogP contribution is 2.09. The van der Waals surface area contributed by atoms with Gasteiger partial charge in [-0.15, -0.1) is 0 Å². The fourth-order valence-corrected chi connectivity index (χ4v) is 1.63. The first-order chi connectivity index (χ1) is 9.36. The summed E-state index contributed by atoms with van der Waals surface area (Å²) in [5.74, 6) is -2.10. The molecule has 0 heterocycles. The topological polar surface area (TPSA) is 96.0 Å². The molecule has 0 aliphatic rings. The summed E-state index contributed by atoms with van der Waals surface area (Å²) in [6, 6.07) is 0. The summed E-state index contributed by atoms with van der Waals surface area (Å²) in [6.45, 7) is 7.88. The van der Waals surface area contributed by atoms with Gasteiger partial charge in [0.25, 0.3) is 10.1 Å². The van der Waals surface area contributed by atoms with E-state index in [1.807, 2.05) is 0 Å². The van der Waals surface area contributed by atoms with Crippen LogP contribution in [-0.4, -0.2) is 45.4 Å². The predicted molar refractivity (Wildman–Crippen MR) is 71.3 cm³/mol. The van der Waals surface area contributed by atoms with Crippen LogP contribution in [0.4, 0.5) is 0 Å². The van der Waals surface area contributed by atoms with Gasteiger partial charge in [0.05, 0.1) is 12.2 Å². The van der Waals surface area contributed by atoms with E-state index in [2.05, 4.69) is 26.8 Å². The van der Waals surface area contributed by atoms with Crippen LogP contribution in [0, 0.1) is 0 Å². The molecule has 0 saturated carbocycles. The summed E-state index contributed by atoms with van der Waals surface area (Å²) in [5.41, 5.74) is 0. The van der Waals surface area contributed by atoms with E-state index in [0.29, 0.717) is 0 Å². The molecule has 7 nitrogen and oxygen atoms in total. The van der Waals surface area contributed by atoms with E-state index in [1.54, 1.807) is 0 Å². The molecule has 1 unspecified atom stereocenters. The quantitative estimate of drug-likeness (QED) is 0.331. The molecule has 0 aromatic heterocycles. The van der Waals surface area contributed by atoms with E-state index in [9.17, 15) is 18.0 Å². The molecule has 0 N–H and O–H groups in total. The maximum atomic E-state index is 11.6. The summed E-state index contributed by atoms with van der Waals surface area (Å²) in [6.07, 6.45) is 0.506. The second-order valence-corrected chi connectivity index (χ2v) is 5.41. The highest BCUT2D eigenvalue weighted by Gasteiger charge is 2.29. The van der Waals surface area contributed by atoms with Crippen molar-refractivity contribution in [3.05, 3.63) is 25.3 Å². The highest BCUT2D eigenvalue weighted by atomic mass is 32.2. The van der Waals surface area contributed by atoms with Crippen LogP contribution in [-0.2, 0) is 33.4 Å². The van der Waals surface area contributed by atoms with Crippen LogP contribution < -0.4 is 0 Å². The van der Waals surface area contributed by atoms with Gasteiger partial charge in [-0.2, -0.15) is 8.42 Å². The molecule has 0 spiro atoms. The molecule has 1 atom stereocenters. The summed E-state index contributed by atoms with van der Waals surface area (Å²) in [5, 5.41) is 0. The van der Waals surface area contributed by atoms with Crippen LogP contribution in [0.1, 0.15) is 13.3 Å². The Morgan fingerprint density at radius 1 is 1.15 bits per heavy atom. The Morgan fingerprint density at radius 2 is 1.70 bits per heavy atom. The van der Waals surface area contributed by atoms with Crippen molar-refractivity contribution in [1.82, 2.24) is 0 Å². The standard InChI is InChI=1S/C12H18O7S/c1-4-7-17-11(13)9-10(12(14)18-8-5-2)19-20(15,16)6-3/h4-5,10H,1-2,6-9H2,3H3. The second-order valence-electron chi connectivity index (χ2n) is 3.53. The number of ether oxygens (including phenoxy) is 2. The van der Waals surface area contributed by atoms with Gasteiger partial charge in [-0.3, -0.25) is 8.98 Å². The molecular formula is C12H18O7S. The second kappa shape index (κ2) is 9.27. The van der Waals surface area contributed by atoms with Crippen molar-refractivity contribution >= 4 is 22.1 Å². The molecule has 0 aromatic carbocycles. The van der Waals surface area contributed by atoms with Crippen LogP contribution in [0.25, 0.3) is 0 Å². The lowest BCUT2D eigenvalue weighted by atomic mass is 10.2. The fraction of sp³-hybridized carbons (Fsp3) is 0.500. The van der Waals surface area contributed by atoms with Crippen LogP contribution in [0.15, 0.2) is 25.3 Å². The van der Waals surface area contributed by atoms with Crippen molar-refractivity contribution in [2.45, 2.75) is 19.4 Å². The summed E-state index contributed by atoms with van der Waals surface area (Å²) in [7, 11) is -3.91. The first kappa shape index (κ1) is 18.3. The Labute approximate surface area is 118 Å². The zero-order valence-corrected chi connectivity index (χ0v) is 12.1. The van der Waals surface area contributed by atoms with Gasteiger partial charge in [-0.25, -0.2) is 4.79 Å². The van der Waals surface area contributed by atoms with Gasteiger partial charge in [0.1, 0.15) is 13.2 Å². The molecule has 0 aliphatic carbocycles. The van der Waals surface area contributed by atoms with Crippen molar-refractivity contribution in [1.29, 1.82) is 0 Å². The lowest BCUT2D eigenvalue weighted by Crippen LogP contribution is -2.32. The average molecular weight is 306 g/mol. The minimum absolute atomic E-state index is 0.0478. The monoisotopic (exact) mass is 306 g/mol. The minimum Gasteiger partial charge on any atom is -0.461 e. The van der Waals surface area contributed by atoms with Gasteiger partial charge in [0.2, 0.25) is 0 Å². The fourth-order valence-electron chi connectivity index (χ4n) is 0.998. The lowest BCUT2D eigenvalue weighted by Gasteiger charge is -2.14. The molecule has 0 rings (SSSR count). The first-order valence-corrected chi connectivity index (χ1v) is 7.39. The van der Waals surface area contributed by atoms with E-state index < -0.39 is 34.6 Å². The van der Waals surface area contributed by atoms with Gasteiger partial charge < -0.3 is 9.47 Å². The zero-order chi connectivity index (χ0) is 15.6. The van der Waals surface area contributed by atoms with Crippen molar-refractivity contribution in [3.63, 3.8) is 0 Å². The third-order valence-electron chi connectivity index (χ3n) is 1.94. The van der Waals surface area contributed by atoms with E-state index in [1.165, 1.54) is 19.1 Å². The predicted octanol–water partition coefficient (Wildman–Crippen LogP) is 0.570. The first-order valence-electron chi connectivity index (χ1n) is 5.81. The summed E-state index contributed by atoms with van der Waals surface area (Å²) >= 11 is 0. The van der Waals surface area contributed by atoms with Gasteiger partial charge >= 0.3 is 11.9 Å². The third-order valence-corrected chi connectivity index (χ3v) is 3.17. The maximum Gasteiger partial charge on any atom is 0.337 e. The third kappa shape index (κ3) is 7.70. The number of hydrogen-bond donors (Lipinski definition) is 0. The van der Waals surface area contributed by atoms with E-state index >= 15 is 0 Å². The molecule has 114 valence electrons. The maximum absolute atomic E-state index is 11.6. The Morgan fingerprint density at radius 3 is 2.20 bits per heavy atom. The molecule has 0 bridgehead atoms. The number of rotatable bonds is 10. The SMILES string of the molecule is C=CCOC(=O)CC(OS(=O)(=O)CC)C(=O)OCC=C. The molecule has 0 radical (unpaired) electrons. The molecule has 0 saturated heterocycles. The summed E-state index contributed by atoms with van der Waals surface area (Å²) < 4.78 is 36.7. The van der Waals surface area contributed by atoms with Gasteiger partial charge in [-0.05, 0) is 6.92 Å². The Balaban J connectivity index is 4.77. The highest BCUT2D eigenvalue weighted by molar-refractivity contribution is 7.86. The Kier molecular flexibility index (Phi) is 8.49. The van der Waals surface area contributed by atoms with Gasteiger partial charge in [-0.1, -0.05) is 25.3 Å². The number of hydrogen-bond acceptors (Lipinski definition) is 7. The molecule has 0 aliphatic heterocycles. The van der Waals surface area contributed by atoms with Crippen LogP contribution in [0.5, 0.6) is 0 Å². The van der Waals surface area contributed by atoms with Crippen molar-refractivity contribution < 1.29 is 31.7 Å². The average Bonchev–Trinajstić information content (AvgIpc) is 2.41. The van der Waals surface area contributed by atoms with Crippen molar-refractivity contribution in [3.8, 4) is 0 Å². The largest absolute Gasteiger partial charge is 0.461 e. The van der Waals surface area contributed by atoms with E-state index in [-0.39, 0.29) is 19.0 Å². The molecule has 8 heteroatoms. The van der Waals surface area contributed by atoms with Gasteiger partial charge in [0, 0.05) is 0 Å². The molecular weight excluding hydrogens is 288 g/mol. The summed E-state index contributed by atoms with van der Waals surface area (Å²) in [4.78, 5) is 23.0. The molecule has 20 heavy (non-hydrogen) atoms.